The second-order valence-corrected chi connectivity index (χ2v) is 8.96. The van der Waals surface area contributed by atoms with Gasteiger partial charge in [-0.1, -0.05) is 61.5 Å². The average Bonchev–Trinajstić information content (AvgIpc) is 2.94. The first-order chi connectivity index (χ1) is 18.6. The van der Waals surface area contributed by atoms with Crippen molar-refractivity contribution in [1.29, 1.82) is 0 Å². The van der Waals surface area contributed by atoms with Gasteiger partial charge in [0.15, 0.2) is 0 Å². The molecule has 0 saturated carbocycles. The molecule has 0 fully saturated rings. The number of ether oxygens (including phenoxy) is 3. The van der Waals surface area contributed by atoms with E-state index in [9.17, 15) is 4.39 Å². The molecular weight excluding hydrogens is 477 g/mol. The highest BCUT2D eigenvalue weighted by atomic mass is 19.1. The van der Waals surface area contributed by atoms with E-state index < -0.39 is 0 Å². The molecule has 0 amide bonds. The zero-order chi connectivity index (χ0) is 26.7. The molecule has 4 nitrogen and oxygen atoms in total. The van der Waals surface area contributed by atoms with Crippen LogP contribution in [-0.2, 0) is 19.4 Å². The maximum Gasteiger partial charge on any atom is 0.131 e. The van der Waals surface area contributed by atoms with Crippen molar-refractivity contribution in [2.45, 2.75) is 32.8 Å². The highest BCUT2D eigenvalue weighted by Gasteiger charge is 2.14. The Morgan fingerprint density at radius 2 is 1.55 bits per heavy atom. The Morgan fingerprint density at radius 3 is 2.26 bits per heavy atom. The van der Waals surface area contributed by atoms with Crippen molar-refractivity contribution in [2.75, 3.05) is 18.9 Å². The average molecular weight is 512 g/mol. The molecule has 4 aromatic rings. The van der Waals surface area contributed by atoms with E-state index in [2.05, 4.69) is 19.6 Å². The second-order valence-electron chi connectivity index (χ2n) is 8.96. The van der Waals surface area contributed by atoms with E-state index in [4.69, 9.17) is 19.9 Å². The predicted octanol–water partition coefficient (Wildman–Crippen LogP) is 7.79. The number of aryl methyl sites for hydroxylation is 1. The molecule has 0 heterocycles. The molecule has 0 bridgehead atoms. The minimum atomic E-state index is -0.270. The van der Waals surface area contributed by atoms with Gasteiger partial charge in [0.05, 0.1) is 13.2 Å². The van der Waals surface area contributed by atoms with E-state index in [0.717, 1.165) is 45.7 Å². The molecule has 4 rings (SSSR count). The van der Waals surface area contributed by atoms with Crippen molar-refractivity contribution in [3.05, 3.63) is 120 Å². The molecule has 4 aromatic carbocycles. The quantitative estimate of drug-likeness (QED) is 0.113. The van der Waals surface area contributed by atoms with Gasteiger partial charge in [0.25, 0.3) is 0 Å². The van der Waals surface area contributed by atoms with E-state index in [1.807, 2.05) is 60.7 Å². The van der Waals surface area contributed by atoms with Crippen LogP contribution in [0.5, 0.6) is 17.2 Å². The molecule has 0 unspecified atom stereocenters. The third kappa shape index (κ3) is 6.94. The van der Waals surface area contributed by atoms with Crippen molar-refractivity contribution in [3.8, 4) is 28.4 Å². The standard InChI is InChI=1S/C33H34FNO3/c1-3-10-28-30(35)13-8-14-31(28)36-19-9-20-37-32-22-33(38-23-24-11-6-5-7-12-24)29(21-25(32)4-2)26-15-17-27(34)18-16-26/h3,5-8,11-18,21-22H,1,4,9-10,19-20,23,35H2,2H3. The summed E-state index contributed by atoms with van der Waals surface area (Å²) in [7, 11) is 0. The maximum absolute atomic E-state index is 13.6. The summed E-state index contributed by atoms with van der Waals surface area (Å²) in [6.45, 7) is 7.30. The fourth-order valence-electron chi connectivity index (χ4n) is 4.23. The lowest BCUT2D eigenvalue weighted by Crippen LogP contribution is -2.08. The summed E-state index contributed by atoms with van der Waals surface area (Å²) in [6, 6.07) is 26.2. The van der Waals surface area contributed by atoms with Crippen LogP contribution in [0.25, 0.3) is 11.1 Å². The van der Waals surface area contributed by atoms with Gasteiger partial charge in [-0.25, -0.2) is 4.39 Å². The van der Waals surface area contributed by atoms with Crippen LogP contribution in [0.15, 0.2) is 97.6 Å². The first-order valence-electron chi connectivity index (χ1n) is 12.9. The zero-order valence-corrected chi connectivity index (χ0v) is 21.8. The number of anilines is 1. The molecule has 196 valence electrons. The van der Waals surface area contributed by atoms with E-state index in [0.29, 0.717) is 44.1 Å². The summed E-state index contributed by atoms with van der Waals surface area (Å²) in [5, 5.41) is 0. The van der Waals surface area contributed by atoms with Crippen LogP contribution in [0.3, 0.4) is 0 Å². The number of hydrogen-bond donors (Lipinski definition) is 1. The Labute approximate surface area is 224 Å². The topological polar surface area (TPSA) is 53.7 Å². The highest BCUT2D eigenvalue weighted by Crippen LogP contribution is 2.37. The molecule has 0 aliphatic rings. The van der Waals surface area contributed by atoms with Gasteiger partial charge in [-0.15, -0.1) is 6.58 Å². The van der Waals surface area contributed by atoms with Crippen molar-refractivity contribution >= 4 is 5.69 Å². The van der Waals surface area contributed by atoms with E-state index in [1.54, 1.807) is 12.1 Å². The molecule has 5 heteroatoms. The fourth-order valence-corrected chi connectivity index (χ4v) is 4.23. The molecule has 0 radical (unpaired) electrons. The van der Waals surface area contributed by atoms with Gasteiger partial charge in [-0.3, -0.25) is 0 Å². The number of benzene rings is 4. The molecule has 2 N–H and O–H groups in total. The summed E-state index contributed by atoms with van der Waals surface area (Å²) < 4.78 is 32.1. The van der Waals surface area contributed by atoms with Gasteiger partial charge in [-0.2, -0.15) is 0 Å². The minimum Gasteiger partial charge on any atom is -0.493 e. The number of nitrogens with two attached hydrogens (primary N) is 1. The van der Waals surface area contributed by atoms with Crippen molar-refractivity contribution in [3.63, 3.8) is 0 Å². The summed E-state index contributed by atoms with van der Waals surface area (Å²) in [5.41, 5.74) is 11.7. The predicted molar refractivity (Wildman–Crippen MR) is 152 cm³/mol. The minimum absolute atomic E-state index is 0.270. The van der Waals surface area contributed by atoms with E-state index >= 15 is 0 Å². The van der Waals surface area contributed by atoms with Crippen molar-refractivity contribution in [2.24, 2.45) is 0 Å². The molecular formula is C33H34FNO3. The highest BCUT2D eigenvalue weighted by molar-refractivity contribution is 5.73. The Kier molecular flexibility index (Phi) is 9.41. The largest absolute Gasteiger partial charge is 0.493 e. The maximum atomic E-state index is 13.6. The zero-order valence-electron chi connectivity index (χ0n) is 21.8. The molecule has 0 saturated heterocycles. The lowest BCUT2D eigenvalue weighted by atomic mass is 10.00. The van der Waals surface area contributed by atoms with Crippen LogP contribution >= 0.6 is 0 Å². The third-order valence-corrected chi connectivity index (χ3v) is 6.26. The number of nitrogen functional groups attached to an aromatic ring is 1. The van der Waals surface area contributed by atoms with Crippen LogP contribution in [0.2, 0.25) is 0 Å². The van der Waals surface area contributed by atoms with E-state index in [1.165, 1.54) is 12.1 Å². The summed E-state index contributed by atoms with van der Waals surface area (Å²) >= 11 is 0. The smallest absolute Gasteiger partial charge is 0.131 e. The normalized spacial score (nSPS) is 10.7. The lowest BCUT2D eigenvalue weighted by molar-refractivity contribution is 0.243. The van der Waals surface area contributed by atoms with Crippen LogP contribution in [0, 0.1) is 5.82 Å². The summed E-state index contributed by atoms with van der Waals surface area (Å²) in [6.07, 6.45) is 3.96. The van der Waals surface area contributed by atoms with Gasteiger partial charge < -0.3 is 19.9 Å². The van der Waals surface area contributed by atoms with Crippen LogP contribution < -0.4 is 19.9 Å². The number of hydrogen-bond acceptors (Lipinski definition) is 4. The third-order valence-electron chi connectivity index (χ3n) is 6.26. The first-order valence-corrected chi connectivity index (χ1v) is 12.9. The molecule has 0 atom stereocenters. The monoisotopic (exact) mass is 511 g/mol. The molecule has 38 heavy (non-hydrogen) atoms. The number of halogens is 1. The van der Waals surface area contributed by atoms with Gasteiger partial charge >= 0.3 is 0 Å². The van der Waals surface area contributed by atoms with Crippen molar-refractivity contribution < 1.29 is 18.6 Å². The van der Waals surface area contributed by atoms with E-state index in [-0.39, 0.29) is 5.82 Å². The number of allylic oxidation sites excluding steroid dienone is 1. The summed E-state index contributed by atoms with van der Waals surface area (Å²) in [4.78, 5) is 0. The molecule has 0 spiro atoms. The molecule has 0 aliphatic heterocycles. The van der Waals surface area contributed by atoms with Crippen LogP contribution in [0.4, 0.5) is 10.1 Å². The Hall–Kier alpha value is -4.25. The van der Waals surface area contributed by atoms with Gasteiger partial charge in [0, 0.05) is 29.3 Å². The fraction of sp³-hybridized carbons (Fsp3) is 0.212. The van der Waals surface area contributed by atoms with Gasteiger partial charge in [-0.05, 0) is 59.9 Å². The van der Waals surface area contributed by atoms with Gasteiger partial charge in [0.2, 0.25) is 0 Å². The molecule has 0 aromatic heterocycles. The lowest BCUT2D eigenvalue weighted by Gasteiger charge is -2.18. The van der Waals surface area contributed by atoms with Crippen molar-refractivity contribution in [1.82, 2.24) is 0 Å². The summed E-state index contributed by atoms with van der Waals surface area (Å²) in [5.74, 6) is 1.98. The number of rotatable bonds is 13. The Balaban J connectivity index is 1.48. The Morgan fingerprint density at radius 1 is 0.816 bits per heavy atom. The SMILES string of the molecule is C=CCc1c(N)cccc1OCCCOc1cc(OCc2ccccc2)c(-c2ccc(F)cc2)cc1CC. The van der Waals surface area contributed by atoms with Crippen LogP contribution in [0.1, 0.15) is 30.0 Å². The van der Waals surface area contributed by atoms with Gasteiger partial charge in [0.1, 0.15) is 29.7 Å². The van der Waals surface area contributed by atoms with Crippen LogP contribution in [-0.4, -0.2) is 13.2 Å². The Bertz CT molecular complexity index is 1340. The first kappa shape index (κ1) is 26.8. The second kappa shape index (κ2) is 13.3. The molecule has 0 aliphatic carbocycles.